The van der Waals surface area contributed by atoms with Crippen LogP contribution in [-0.4, -0.2) is 19.6 Å². The first kappa shape index (κ1) is 12.5. The summed E-state index contributed by atoms with van der Waals surface area (Å²) in [5.74, 6) is 0.421. The number of nitrogens with one attached hydrogen (secondary N) is 1. The molecule has 2 rings (SSSR count). The van der Waals surface area contributed by atoms with E-state index < -0.39 is 16.1 Å². The SMILES string of the molecule is CC(O)c1cccc(S(=O)(=O)NC2CC2C)c1. The predicted molar refractivity (Wildman–Crippen MR) is 65.0 cm³/mol. The largest absolute Gasteiger partial charge is 0.389 e. The van der Waals surface area contributed by atoms with E-state index in [9.17, 15) is 13.5 Å². The number of hydrogen-bond donors (Lipinski definition) is 2. The zero-order chi connectivity index (χ0) is 12.6. The lowest BCUT2D eigenvalue weighted by atomic mass is 10.1. The van der Waals surface area contributed by atoms with Gasteiger partial charge in [-0.25, -0.2) is 13.1 Å². The molecule has 0 bridgehead atoms. The van der Waals surface area contributed by atoms with Gasteiger partial charge in [-0.05, 0) is 37.0 Å². The van der Waals surface area contributed by atoms with Gasteiger partial charge >= 0.3 is 0 Å². The van der Waals surface area contributed by atoms with Gasteiger partial charge in [-0.15, -0.1) is 0 Å². The fraction of sp³-hybridized carbons (Fsp3) is 0.500. The van der Waals surface area contributed by atoms with Crippen molar-refractivity contribution in [3.8, 4) is 0 Å². The van der Waals surface area contributed by atoms with Gasteiger partial charge in [0.2, 0.25) is 10.0 Å². The molecule has 1 aliphatic carbocycles. The van der Waals surface area contributed by atoms with Crippen molar-refractivity contribution in [1.82, 2.24) is 4.72 Å². The Morgan fingerprint density at radius 1 is 1.47 bits per heavy atom. The first-order valence-corrected chi connectivity index (χ1v) is 7.19. The summed E-state index contributed by atoms with van der Waals surface area (Å²) < 4.78 is 26.7. The van der Waals surface area contributed by atoms with Gasteiger partial charge in [0.25, 0.3) is 0 Å². The zero-order valence-corrected chi connectivity index (χ0v) is 10.7. The number of rotatable bonds is 4. The van der Waals surface area contributed by atoms with Crippen LogP contribution in [0.25, 0.3) is 0 Å². The van der Waals surface area contributed by atoms with Gasteiger partial charge < -0.3 is 5.11 Å². The third-order valence-corrected chi connectivity index (χ3v) is 4.55. The van der Waals surface area contributed by atoms with Gasteiger partial charge in [-0.2, -0.15) is 0 Å². The standard InChI is InChI=1S/C12H17NO3S/c1-8-6-12(8)13-17(15,16)11-5-3-4-10(7-11)9(2)14/h3-5,7-9,12-14H,6H2,1-2H3. The lowest BCUT2D eigenvalue weighted by Gasteiger charge is -2.09. The Morgan fingerprint density at radius 2 is 2.12 bits per heavy atom. The monoisotopic (exact) mass is 255 g/mol. The quantitative estimate of drug-likeness (QED) is 0.855. The van der Waals surface area contributed by atoms with Gasteiger partial charge in [0.15, 0.2) is 0 Å². The molecule has 0 spiro atoms. The van der Waals surface area contributed by atoms with Crippen LogP contribution in [0.3, 0.4) is 0 Å². The van der Waals surface area contributed by atoms with E-state index in [1.54, 1.807) is 25.1 Å². The highest BCUT2D eigenvalue weighted by Crippen LogP contribution is 2.30. The maximum absolute atomic E-state index is 12.0. The fourth-order valence-corrected chi connectivity index (χ4v) is 3.11. The first-order valence-electron chi connectivity index (χ1n) is 5.70. The second-order valence-electron chi connectivity index (χ2n) is 4.69. The molecule has 0 saturated heterocycles. The summed E-state index contributed by atoms with van der Waals surface area (Å²) in [6, 6.07) is 6.48. The highest BCUT2D eigenvalue weighted by atomic mass is 32.2. The van der Waals surface area contributed by atoms with Crippen molar-refractivity contribution in [3.05, 3.63) is 29.8 Å². The maximum atomic E-state index is 12.0. The second-order valence-corrected chi connectivity index (χ2v) is 6.40. The molecule has 4 nitrogen and oxygen atoms in total. The molecule has 17 heavy (non-hydrogen) atoms. The van der Waals surface area contributed by atoms with Gasteiger partial charge in [0.1, 0.15) is 0 Å². The Balaban J connectivity index is 2.23. The molecule has 3 atom stereocenters. The predicted octanol–water partition coefficient (Wildman–Crippen LogP) is 1.43. The van der Waals surface area contributed by atoms with Gasteiger partial charge in [-0.3, -0.25) is 0 Å². The first-order chi connectivity index (χ1) is 7.90. The minimum atomic E-state index is -3.45. The summed E-state index contributed by atoms with van der Waals surface area (Å²) in [7, 11) is -3.45. The van der Waals surface area contributed by atoms with E-state index in [0.29, 0.717) is 11.5 Å². The molecule has 1 fully saturated rings. The molecular weight excluding hydrogens is 238 g/mol. The van der Waals surface area contributed by atoms with E-state index in [-0.39, 0.29) is 10.9 Å². The van der Waals surface area contributed by atoms with Crippen molar-refractivity contribution >= 4 is 10.0 Å². The topological polar surface area (TPSA) is 66.4 Å². The smallest absolute Gasteiger partial charge is 0.240 e. The molecule has 3 unspecified atom stereocenters. The fourth-order valence-electron chi connectivity index (χ4n) is 1.70. The summed E-state index contributed by atoms with van der Waals surface area (Å²) in [6.45, 7) is 3.63. The molecule has 2 N–H and O–H groups in total. The molecule has 0 aromatic heterocycles. The van der Waals surface area contributed by atoms with Crippen LogP contribution >= 0.6 is 0 Å². The normalized spacial score (nSPS) is 25.6. The van der Waals surface area contributed by atoms with Crippen LogP contribution in [-0.2, 0) is 10.0 Å². The maximum Gasteiger partial charge on any atom is 0.240 e. The van der Waals surface area contributed by atoms with Crippen LogP contribution in [0, 0.1) is 5.92 Å². The second kappa shape index (κ2) is 4.40. The molecule has 0 heterocycles. The number of benzene rings is 1. The van der Waals surface area contributed by atoms with Crippen molar-refractivity contribution in [2.45, 2.75) is 37.3 Å². The molecular formula is C12H17NO3S. The van der Waals surface area contributed by atoms with Crippen molar-refractivity contribution < 1.29 is 13.5 Å². The van der Waals surface area contributed by atoms with Crippen LogP contribution in [0.1, 0.15) is 31.9 Å². The molecule has 1 saturated carbocycles. The summed E-state index contributed by atoms with van der Waals surface area (Å²) in [5.41, 5.74) is 0.608. The molecule has 5 heteroatoms. The van der Waals surface area contributed by atoms with Crippen molar-refractivity contribution in [2.24, 2.45) is 5.92 Å². The highest BCUT2D eigenvalue weighted by molar-refractivity contribution is 7.89. The molecule has 0 radical (unpaired) electrons. The van der Waals surface area contributed by atoms with Crippen molar-refractivity contribution in [2.75, 3.05) is 0 Å². The Hall–Kier alpha value is -0.910. The number of hydrogen-bond acceptors (Lipinski definition) is 3. The van der Waals surface area contributed by atoms with Crippen LogP contribution in [0.2, 0.25) is 0 Å². The summed E-state index contributed by atoms with van der Waals surface area (Å²) >= 11 is 0. The van der Waals surface area contributed by atoms with E-state index in [1.165, 1.54) is 6.07 Å². The Morgan fingerprint density at radius 3 is 2.65 bits per heavy atom. The minimum absolute atomic E-state index is 0.0650. The summed E-state index contributed by atoms with van der Waals surface area (Å²) in [5, 5.41) is 9.43. The van der Waals surface area contributed by atoms with Crippen LogP contribution in [0.5, 0.6) is 0 Å². The van der Waals surface area contributed by atoms with Gasteiger partial charge in [0, 0.05) is 6.04 Å². The molecule has 1 aliphatic rings. The minimum Gasteiger partial charge on any atom is -0.389 e. The third-order valence-electron chi connectivity index (χ3n) is 3.07. The van der Waals surface area contributed by atoms with Crippen molar-refractivity contribution in [1.29, 1.82) is 0 Å². The third kappa shape index (κ3) is 2.86. The van der Waals surface area contributed by atoms with E-state index >= 15 is 0 Å². The number of aliphatic hydroxyl groups excluding tert-OH is 1. The van der Waals surface area contributed by atoms with E-state index in [4.69, 9.17) is 0 Å². The molecule has 1 aromatic rings. The lowest BCUT2D eigenvalue weighted by Crippen LogP contribution is -2.26. The van der Waals surface area contributed by atoms with Crippen LogP contribution < -0.4 is 4.72 Å². The molecule has 1 aromatic carbocycles. The molecule has 94 valence electrons. The Bertz CT molecular complexity index is 510. The Labute approximate surface area is 102 Å². The van der Waals surface area contributed by atoms with Crippen molar-refractivity contribution in [3.63, 3.8) is 0 Å². The van der Waals surface area contributed by atoms with Gasteiger partial charge in [0.05, 0.1) is 11.0 Å². The average Bonchev–Trinajstić information content (AvgIpc) is 2.93. The van der Waals surface area contributed by atoms with E-state index in [0.717, 1.165) is 6.42 Å². The van der Waals surface area contributed by atoms with Crippen LogP contribution in [0.4, 0.5) is 0 Å². The highest BCUT2D eigenvalue weighted by Gasteiger charge is 2.36. The Kier molecular flexibility index (Phi) is 3.25. The molecule has 0 aliphatic heterocycles. The van der Waals surface area contributed by atoms with Crippen LogP contribution in [0.15, 0.2) is 29.2 Å². The summed E-state index contributed by atoms with van der Waals surface area (Å²) in [6.07, 6.45) is 0.236. The molecule has 0 amide bonds. The summed E-state index contributed by atoms with van der Waals surface area (Å²) in [4.78, 5) is 0.218. The van der Waals surface area contributed by atoms with E-state index in [1.807, 2.05) is 6.92 Å². The number of sulfonamides is 1. The van der Waals surface area contributed by atoms with E-state index in [2.05, 4.69) is 4.72 Å². The lowest BCUT2D eigenvalue weighted by molar-refractivity contribution is 0.199. The number of aliphatic hydroxyl groups is 1. The van der Waals surface area contributed by atoms with Gasteiger partial charge in [-0.1, -0.05) is 19.1 Å². The average molecular weight is 255 g/mol. The zero-order valence-electron chi connectivity index (χ0n) is 9.92.